The second-order valence-electron chi connectivity index (χ2n) is 6.51. The molecule has 0 radical (unpaired) electrons. The highest BCUT2D eigenvalue weighted by molar-refractivity contribution is 5.20. The van der Waals surface area contributed by atoms with Crippen molar-refractivity contribution in [3.8, 4) is 0 Å². The quantitative estimate of drug-likeness (QED) is 0.884. The lowest BCUT2D eigenvalue weighted by Gasteiger charge is -2.35. The number of nitrogens with zero attached hydrogens (tertiary/aromatic N) is 1. The van der Waals surface area contributed by atoms with Crippen LogP contribution in [0.1, 0.15) is 38.8 Å². The first kappa shape index (κ1) is 13.6. The molecule has 0 aliphatic carbocycles. The van der Waals surface area contributed by atoms with Crippen LogP contribution in [0.25, 0.3) is 0 Å². The SMILES string of the molecule is CC1CCN(CC(C)(C)C(N)c2ccccc2)C1. The molecule has 1 heterocycles. The summed E-state index contributed by atoms with van der Waals surface area (Å²) >= 11 is 0. The Morgan fingerprint density at radius 3 is 2.56 bits per heavy atom. The zero-order valence-corrected chi connectivity index (χ0v) is 11.9. The first-order valence-corrected chi connectivity index (χ1v) is 7.02. The van der Waals surface area contributed by atoms with Crippen LogP contribution in [-0.2, 0) is 0 Å². The molecular weight excluding hydrogens is 220 g/mol. The third-order valence-electron chi connectivity index (χ3n) is 4.14. The van der Waals surface area contributed by atoms with Crippen molar-refractivity contribution in [3.05, 3.63) is 35.9 Å². The van der Waals surface area contributed by atoms with Gasteiger partial charge in [0.25, 0.3) is 0 Å². The van der Waals surface area contributed by atoms with Crippen LogP contribution in [0.5, 0.6) is 0 Å². The van der Waals surface area contributed by atoms with Crippen molar-refractivity contribution in [2.24, 2.45) is 17.1 Å². The third-order valence-corrected chi connectivity index (χ3v) is 4.14. The van der Waals surface area contributed by atoms with Crippen molar-refractivity contribution in [1.29, 1.82) is 0 Å². The standard InChI is InChI=1S/C16H26N2/c1-13-9-10-18(11-13)12-16(2,3)15(17)14-7-5-4-6-8-14/h4-8,13,15H,9-12,17H2,1-3H3. The summed E-state index contributed by atoms with van der Waals surface area (Å²) in [5.74, 6) is 0.841. The molecule has 2 atom stereocenters. The van der Waals surface area contributed by atoms with Crippen LogP contribution in [0, 0.1) is 11.3 Å². The third kappa shape index (κ3) is 3.12. The normalized spacial score (nSPS) is 23.2. The molecule has 1 fully saturated rings. The van der Waals surface area contributed by atoms with Gasteiger partial charge in [0.15, 0.2) is 0 Å². The van der Waals surface area contributed by atoms with E-state index in [2.05, 4.69) is 49.9 Å². The van der Waals surface area contributed by atoms with Crippen molar-refractivity contribution in [3.63, 3.8) is 0 Å². The van der Waals surface area contributed by atoms with Gasteiger partial charge in [-0.3, -0.25) is 0 Å². The van der Waals surface area contributed by atoms with Crippen LogP contribution >= 0.6 is 0 Å². The van der Waals surface area contributed by atoms with Gasteiger partial charge in [-0.2, -0.15) is 0 Å². The summed E-state index contributed by atoms with van der Waals surface area (Å²) in [4.78, 5) is 2.56. The molecule has 2 rings (SSSR count). The zero-order valence-electron chi connectivity index (χ0n) is 11.9. The van der Waals surface area contributed by atoms with Crippen molar-refractivity contribution in [2.45, 2.75) is 33.2 Å². The highest BCUT2D eigenvalue weighted by Gasteiger charge is 2.32. The van der Waals surface area contributed by atoms with Crippen LogP contribution in [0.4, 0.5) is 0 Å². The largest absolute Gasteiger partial charge is 0.323 e. The van der Waals surface area contributed by atoms with Gasteiger partial charge in [0.2, 0.25) is 0 Å². The lowest BCUT2D eigenvalue weighted by Crippen LogP contribution is -2.40. The molecule has 1 aliphatic rings. The summed E-state index contributed by atoms with van der Waals surface area (Å²) in [6.45, 7) is 10.5. The first-order valence-electron chi connectivity index (χ1n) is 7.02. The van der Waals surface area contributed by atoms with Gasteiger partial charge in [-0.25, -0.2) is 0 Å². The maximum Gasteiger partial charge on any atom is 0.0359 e. The Bertz CT molecular complexity index is 372. The molecular formula is C16H26N2. The van der Waals surface area contributed by atoms with Crippen LogP contribution in [0.3, 0.4) is 0 Å². The van der Waals surface area contributed by atoms with Crippen LogP contribution < -0.4 is 5.73 Å². The summed E-state index contributed by atoms with van der Waals surface area (Å²) in [6.07, 6.45) is 1.33. The van der Waals surface area contributed by atoms with Crippen LogP contribution in [0.2, 0.25) is 0 Å². The van der Waals surface area contributed by atoms with E-state index >= 15 is 0 Å². The molecule has 2 heteroatoms. The number of hydrogen-bond acceptors (Lipinski definition) is 2. The fourth-order valence-electron chi connectivity index (χ4n) is 2.96. The van der Waals surface area contributed by atoms with Crippen LogP contribution in [0.15, 0.2) is 30.3 Å². The molecule has 0 bridgehead atoms. The molecule has 1 aliphatic heterocycles. The van der Waals surface area contributed by atoms with Gasteiger partial charge >= 0.3 is 0 Å². The summed E-state index contributed by atoms with van der Waals surface area (Å²) in [7, 11) is 0. The highest BCUT2D eigenvalue weighted by atomic mass is 15.2. The smallest absolute Gasteiger partial charge is 0.0359 e. The van der Waals surface area contributed by atoms with Gasteiger partial charge in [0.05, 0.1) is 0 Å². The van der Waals surface area contributed by atoms with Gasteiger partial charge in [-0.1, -0.05) is 51.1 Å². The minimum atomic E-state index is 0.106. The zero-order chi connectivity index (χ0) is 13.2. The van der Waals surface area contributed by atoms with Gasteiger partial charge in [-0.05, 0) is 29.9 Å². The molecule has 0 aromatic heterocycles. The average Bonchev–Trinajstić information content (AvgIpc) is 2.74. The first-order chi connectivity index (χ1) is 8.49. The Labute approximate surface area is 111 Å². The molecule has 1 aromatic rings. The molecule has 0 saturated carbocycles. The minimum absolute atomic E-state index is 0.106. The maximum atomic E-state index is 6.46. The highest BCUT2D eigenvalue weighted by Crippen LogP contribution is 2.33. The van der Waals surface area contributed by atoms with E-state index < -0.39 is 0 Å². The van der Waals surface area contributed by atoms with Gasteiger partial charge < -0.3 is 10.6 Å². The molecule has 100 valence electrons. The Morgan fingerprint density at radius 1 is 1.33 bits per heavy atom. The molecule has 2 N–H and O–H groups in total. The maximum absolute atomic E-state index is 6.46. The van der Waals surface area contributed by atoms with E-state index in [0.717, 1.165) is 12.5 Å². The lowest BCUT2D eigenvalue weighted by atomic mass is 9.80. The average molecular weight is 246 g/mol. The fourth-order valence-corrected chi connectivity index (χ4v) is 2.96. The predicted octanol–water partition coefficient (Wildman–Crippen LogP) is 3.05. The molecule has 0 amide bonds. The second kappa shape index (κ2) is 5.41. The molecule has 18 heavy (non-hydrogen) atoms. The van der Waals surface area contributed by atoms with E-state index in [-0.39, 0.29) is 11.5 Å². The monoisotopic (exact) mass is 246 g/mol. The molecule has 2 unspecified atom stereocenters. The summed E-state index contributed by atoms with van der Waals surface area (Å²) in [5.41, 5.74) is 7.82. The summed E-state index contributed by atoms with van der Waals surface area (Å²) in [5, 5.41) is 0. The van der Waals surface area contributed by atoms with E-state index in [0.29, 0.717) is 0 Å². The number of hydrogen-bond donors (Lipinski definition) is 1. The number of rotatable bonds is 4. The van der Waals surface area contributed by atoms with E-state index in [1.807, 2.05) is 6.07 Å². The van der Waals surface area contributed by atoms with E-state index in [1.165, 1.54) is 25.1 Å². The molecule has 0 spiro atoms. The number of likely N-dealkylation sites (tertiary alicyclic amines) is 1. The summed E-state index contributed by atoms with van der Waals surface area (Å²) < 4.78 is 0. The number of nitrogens with two attached hydrogens (primary N) is 1. The molecule has 2 nitrogen and oxygen atoms in total. The van der Waals surface area contributed by atoms with Gasteiger partial charge in [-0.15, -0.1) is 0 Å². The van der Waals surface area contributed by atoms with Gasteiger partial charge in [0.1, 0.15) is 0 Å². The number of benzene rings is 1. The molecule has 1 saturated heterocycles. The second-order valence-corrected chi connectivity index (χ2v) is 6.51. The minimum Gasteiger partial charge on any atom is -0.323 e. The van der Waals surface area contributed by atoms with Gasteiger partial charge in [0, 0.05) is 19.1 Å². The van der Waals surface area contributed by atoms with Crippen molar-refractivity contribution in [2.75, 3.05) is 19.6 Å². The Balaban J connectivity index is 2.01. The summed E-state index contributed by atoms with van der Waals surface area (Å²) in [6, 6.07) is 10.6. The Kier molecular flexibility index (Phi) is 4.08. The Hall–Kier alpha value is -0.860. The molecule has 1 aromatic carbocycles. The van der Waals surface area contributed by atoms with E-state index in [4.69, 9.17) is 5.73 Å². The van der Waals surface area contributed by atoms with E-state index in [1.54, 1.807) is 0 Å². The van der Waals surface area contributed by atoms with E-state index in [9.17, 15) is 0 Å². The van der Waals surface area contributed by atoms with Crippen molar-refractivity contribution < 1.29 is 0 Å². The van der Waals surface area contributed by atoms with Crippen LogP contribution in [-0.4, -0.2) is 24.5 Å². The Morgan fingerprint density at radius 2 is 2.00 bits per heavy atom. The topological polar surface area (TPSA) is 29.3 Å². The van der Waals surface area contributed by atoms with Crippen molar-refractivity contribution in [1.82, 2.24) is 4.90 Å². The van der Waals surface area contributed by atoms with Crippen molar-refractivity contribution >= 4 is 0 Å². The lowest BCUT2D eigenvalue weighted by molar-refractivity contribution is 0.173. The predicted molar refractivity (Wildman–Crippen MR) is 77.4 cm³/mol. The fraction of sp³-hybridized carbons (Fsp3) is 0.625.